The van der Waals surface area contributed by atoms with Gasteiger partial charge in [0, 0.05) is 5.39 Å². The maximum Gasteiger partial charge on any atom is 0.423 e. The van der Waals surface area contributed by atoms with Crippen LogP contribution >= 0.6 is 0 Å². The van der Waals surface area contributed by atoms with Crippen LogP contribution in [0.5, 0.6) is 5.75 Å². The van der Waals surface area contributed by atoms with Crippen molar-refractivity contribution in [2.24, 2.45) is 0 Å². The van der Waals surface area contributed by atoms with E-state index in [1.54, 1.807) is 42.5 Å². The number of benzene rings is 3. The van der Waals surface area contributed by atoms with Crippen molar-refractivity contribution in [2.75, 3.05) is 16.8 Å². The third-order valence-electron chi connectivity index (χ3n) is 4.37. The van der Waals surface area contributed by atoms with E-state index in [-0.39, 0.29) is 11.4 Å². The molecule has 178 valence electrons. The van der Waals surface area contributed by atoms with Crippen LogP contribution in [0.25, 0.3) is 10.8 Å². The van der Waals surface area contributed by atoms with Gasteiger partial charge in [-0.1, -0.05) is 59.1 Å². The quantitative estimate of drug-likeness (QED) is 0.308. The Hall–Kier alpha value is -2.99. The number of halogens is 6. The molecule has 0 saturated carbocycles. The third-order valence-corrected chi connectivity index (χ3v) is 5.84. The van der Waals surface area contributed by atoms with Crippen LogP contribution in [0, 0.1) is 0 Å². The van der Waals surface area contributed by atoms with E-state index in [9.17, 15) is 34.8 Å². The highest BCUT2D eigenvalue weighted by Gasteiger charge is 2.58. The lowest BCUT2D eigenvalue weighted by Crippen LogP contribution is -2.45. The predicted molar refractivity (Wildman–Crippen MR) is 109 cm³/mol. The number of para-hydroxylation sites is 1. The van der Waals surface area contributed by atoms with Gasteiger partial charge in [-0.05, 0) is 23.6 Å². The first-order valence-electron chi connectivity index (χ1n) is 9.38. The molecule has 3 rings (SSSR count). The second-order valence-electron chi connectivity index (χ2n) is 6.78. The molecule has 3 aromatic rings. The molecule has 0 radical (unpaired) electrons. The number of fused-ring (bicyclic) bond motifs is 1. The molecule has 5 nitrogen and oxygen atoms in total. The number of ether oxygens (including phenoxy) is 1. The normalized spacial score (nSPS) is 12.8. The van der Waals surface area contributed by atoms with Crippen molar-refractivity contribution in [3.63, 3.8) is 0 Å². The molecular weight excluding hydrogens is 476 g/mol. The average Bonchev–Trinajstić information content (AvgIpc) is 2.74. The minimum Gasteiger partial charge on any atom is -0.364 e. The molecule has 0 N–H and O–H groups in total. The van der Waals surface area contributed by atoms with Gasteiger partial charge in [0.2, 0.25) is 6.10 Å². The molecule has 0 saturated heterocycles. The fourth-order valence-electron chi connectivity index (χ4n) is 2.91. The lowest BCUT2D eigenvalue weighted by atomic mass is 10.1. The van der Waals surface area contributed by atoms with Gasteiger partial charge < -0.3 is 9.57 Å². The van der Waals surface area contributed by atoms with Gasteiger partial charge >= 0.3 is 12.4 Å². The maximum absolute atomic E-state index is 12.9. The standard InChI is InChI=1S/C21H17F6NO4S/c22-20(23,24)19(21(25,26)27)31-13-14-33(29,30)28(16-9-2-1-3-10-16)32-18-12-6-8-15-7-4-5-11-17(15)18/h1-12,19H,13-14H2. The molecule has 0 fully saturated rings. The van der Waals surface area contributed by atoms with Crippen molar-refractivity contribution in [1.82, 2.24) is 0 Å². The molecule has 0 amide bonds. The van der Waals surface area contributed by atoms with Crippen molar-refractivity contribution in [3.8, 4) is 5.75 Å². The summed E-state index contributed by atoms with van der Waals surface area (Å²) in [5.74, 6) is -1.08. The second-order valence-corrected chi connectivity index (χ2v) is 8.69. The summed E-state index contributed by atoms with van der Waals surface area (Å²) in [6.07, 6.45) is -15.6. The summed E-state index contributed by atoms with van der Waals surface area (Å²) >= 11 is 0. The first kappa shape index (κ1) is 24.6. The molecule has 0 aromatic heterocycles. The zero-order chi connectivity index (χ0) is 24.3. The average molecular weight is 493 g/mol. The van der Waals surface area contributed by atoms with E-state index in [1.807, 2.05) is 0 Å². The van der Waals surface area contributed by atoms with Crippen molar-refractivity contribution >= 4 is 26.5 Å². The molecule has 0 heterocycles. The third kappa shape index (κ3) is 6.08. The van der Waals surface area contributed by atoms with E-state index in [2.05, 4.69) is 4.74 Å². The number of alkyl halides is 6. The van der Waals surface area contributed by atoms with Crippen LogP contribution in [0.1, 0.15) is 0 Å². The lowest BCUT2D eigenvalue weighted by Gasteiger charge is -2.26. The van der Waals surface area contributed by atoms with Crippen LogP contribution in [0.2, 0.25) is 0 Å². The predicted octanol–water partition coefficient (Wildman–Crippen LogP) is 5.48. The Morgan fingerprint density at radius 3 is 2.00 bits per heavy atom. The van der Waals surface area contributed by atoms with Crippen LogP contribution in [0.3, 0.4) is 0 Å². The monoisotopic (exact) mass is 493 g/mol. The Labute approximate surface area is 185 Å². The molecule has 0 unspecified atom stereocenters. The number of anilines is 1. The maximum atomic E-state index is 12.9. The van der Waals surface area contributed by atoms with Crippen molar-refractivity contribution in [1.29, 1.82) is 0 Å². The Morgan fingerprint density at radius 1 is 0.788 bits per heavy atom. The van der Waals surface area contributed by atoms with Gasteiger partial charge in [-0.2, -0.15) is 26.3 Å². The van der Waals surface area contributed by atoms with Gasteiger partial charge in [0.25, 0.3) is 10.0 Å². The summed E-state index contributed by atoms with van der Waals surface area (Å²) in [5, 5.41) is 1.27. The van der Waals surface area contributed by atoms with Crippen LogP contribution in [0.15, 0.2) is 72.8 Å². The number of sulfonamides is 1. The number of rotatable bonds is 8. The largest absolute Gasteiger partial charge is 0.423 e. The molecule has 0 bridgehead atoms. The zero-order valence-electron chi connectivity index (χ0n) is 16.7. The lowest BCUT2D eigenvalue weighted by molar-refractivity contribution is -0.320. The molecule has 12 heteroatoms. The van der Waals surface area contributed by atoms with E-state index in [0.717, 1.165) is 5.39 Å². The summed E-state index contributed by atoms with van der Waals surface area (Å²) < 4.78 is 106. The minimum atomic E-state index is -5.75. The van der Waals surface area contributed by atoms with Crippen molar-refractivity contribution < 1.29 is 44.3 Å². The Kier molecular flexibility index (Phi) is 7.08. The van der Waals surface area contributed by atoms with E-state index >= 15 is 0 Å². The number of hydrogen-bond acceptors (Lipinski definition) is 4. The summed E-state index contributed by atoms with van der Waals surface area (Å²) in [6, 6.07) is 19.0. The van der Waals surface area contributed by atoms with Gasteiger partial charge in [-0.15, -0.1) is 0 Å². The Balaban J connectivity index is 1.88. The molecule has 33 heavy (non-hydrogen) atoms. The molecule has 0 spiro atoms. The topological polar surface area (TPSA) is 55.8 Å². The summed E-state index contributed by atoms with van der Waals surface area (Å²) in [5.41, 5.74) is -0.00590. The van der Waals surface area contributed by atoms with Gasteiger partial charge in [0.15, 0.2) is 5.75 Å². The van der Waals surface area contributed by atoms with Crippen LogP contribution in [-0.4, -0.2) is 39.2 Å². The van der Waals surface area contributed by atoms with Crippen molar-refractivity contribution in [2.45, 2.75) is 18.5 Å². The van der Waals surface area contributed by atoms with Crippen LogP contribution in [0.4, 0.5) is 32.0 Å². The van der Waals surface area contributed by atoms with Crippen LogP contribution in [-0.2, 0) is 14.8 Å². The molecule has 0 aliphatic carbocycles. The summed E-state index contributed by atoms with van der Waals surface area (Å²) in [4.78, 5) is 5.62. The molecule has 0 atom stereocenters. The molecular formula is C21H17F6NO4S. The fraction of sp³-hybridized carbons (Fsp3) is 0.238. The van der Waals surface area contributed by atoms with E-state index in [4.69, 9.17) is 4.84 Å². The first-order chi connectivity index (χ1) is 15.4. The first-order valence-corrected chi connectivity index (χ1v) is 11.0. The van der Waals surface area contributed by atoms with Gasteiger partial charge in [-0.3, -0.25) is 0 Å². The second kappa shape index (κ2) is 9.48. The Bertz CT molecular complexity index is 1160. The molecule has 0 aliphatic rings. The molecule has 0 aliphatic heterocycles. The number of hydrogen-bond donors (Lipinski definition) is 0. The minimum absolute atomic E-state index is 0.00590. The summed E-state index contributed by atoms with van der Waals surface area (Å²) in [6.45, 7) is -1.37. The zero-order valence-corrected chi connectivity index (χ0v) is 17.5. The summed E-state index contributed by atoms with van der Waals surface area (Å²) in [7, 11) is -4.58. The Morgan fingerprint density at radius 2 is 1.36 bits per heavy atom. The van der Waals surface area contributed by atoms with E-state index in [1.165, 1.54) is 30.3 Å². The smallest absolute Gasteiger partial charge is 0.364 e. The number of nitrogens with zero attached hydrogens (tertiary/aromatic N) is 1. The van der Waals surface area contributed by atoms with E-state index < -0.39 is 40.8 Å². The van der Waals surface area contributed by atoms with Gasteiger partial charge in [0.05, 0.1) is 18.0 Å². The SMILES string of the molecule is O=S(=O)(CCOC(C(F)(F)F)C(F)(F)F)N(Oc1cccc2ccccc12)c1ccccc1. The van der Waals surface area contributed by atoms with Gasteiger partial charge in [0.1, 0.15) is 0 Å². The van der Waals surface area contributed by atoms with Crippen LogP contribution < -0.4 is 9.31 Å². The van der Waals surface area contributed by atoms with E-state index in [0.29, 0.717) is 9.85 Å². The highest BCUT2D eigenvalue weighted by Crippen LogP contribution is 2.36. The highest BCUT2D eigenvalue weighted by molar-refractivity contribution is 7.92. The van der Waals surface area contributed by atoms with Crippen molar-refractivity contribution in [3.05, 3.63) is 72.8 Å². The highest BCUT2D eigenvalue weighted by atomic mass is 32.2. The molecule has 3 aromatic carbocycles. The fourth-order valence-corrected chi connectivity index (χ4v) is 4.02. The van der Waals surface area contributed by atoms with Gasteiger partial charge in [-0.25, -0.2) is 8.42 Å².